The first kappa shape index (κ1) is 18.0. The van der Waals surface area contributed by atoms with Crippen LogP contribution in [-0.4, -0.2) is 35.8 Å². The van der Waals surface area contributed by atoms with Gasteiger partial charge in [0.1, 0.15) is 0 Å². The Kier molecular flexibility index (Phi) is 4.26. The summed E-state index contributed by atoms with van der Waals surface area (Å²) in [5, 5.41) is 1.84. The number of H-pyrrole nitrogens is 1. The Morgan fingerprint density at radius 2 is 1.82 bits per heavy atom. The molecule has 1 aromatic heterocycles. The van der Waals surface area contributed by atoms with E-state index >= 15 is 0 Å². The van der Waals surface area contributed by atoms with E-state index in [2.05, 4.69) is 4.98 Å². The Morgan fingerprint density at radius 1 is 1.11 bits per heavy atom. The minimum absolute atomic E-state index is 0.102. The Morgan fingerprint density at radius 3 is 2.54 bits per heavy atom. The number of benzene rings is 2. The van der Waals surface area contributed by atoms with Crippen LogP contribution in [0.3, 0.4) is 0 Å². The van der Waals surface area contributed by atoms with E-state index in [1.54, 1.807) is 26.8 Å². The maximum atomic E-state index is 13.0. The molecule has 1 amide bonds. The lowest BCUT2D eigenvalue weighted by atomic mass is 10.1. The van der Waals surface area contributed by atoms with Gasteiger partial charge < -0.3 is 9.72 Å². The smallest absolute Gasteiger partial charge is 0.340 e. The molecular formula is C22H20N2O4. The van der Waals surface area contributed by atoms with Crippen LogP contribution >= 0.6 is 0 Å². The number of esters is 1. The van der Waals surface area contributed by atoms with Crippen LogP contribution in [0.4, 0.5) is 5.69 Å². The number of nitrogens with one attached hydrogen (secondary N) is 1. The molecule has 28 heavy (non-hydrogen) atoms. The van der Waals surface area contributed by atoms with Gasteiger partial charge in [0.2, 0.25) is 0 Å². The summed E-state index contributed by atoms with van der Waals surface area (Å²) in [7, 11) is 0. The second kappa shape index (κ2) is 6.64. The van der Waals surface area contributed by atoms with Gasteiger partial charge in [-0.05, 0) is 43.9 Å². The molecule has 2 heterocycles. The van der Waals surface area contributed by atoms with Gasteiger partial charge in [0.15, 0.2) is 5.78 Å². The molecule has 3 aromatic rings. The van der Waals surface area contributed by atoms with Crippen molar-refractivity contribution in [2.45, 2.75) is 20.8 Å². The summed E-state index contributed by atoms with van der Waals surface area (Å²) in [5.41, 5.74) is 3.17. The fourth-order valence-electron chi connectivity index (χ4n) is 3.90. The van der Waals surface area contributed by atoms with Crippen molar-refractivity contribution in [3.8, 4) is 0 Å². The van der Waals surface area contributed by atoms with E-state index in [1.807, 2.05) is 30.3 Å². The predicted octanol–water partition coefficient (Wildman–Crippen LogP) is 3.80. The quantitative estimate of drug-likeness (QED) is 0.542. The van der Waals surface area contributed by atoms with E-state index in [0.717, 1.165) is 16.5 Å². The SMILES string of the molecule is CCOC(=O)c1c(C)[nH]c(C(=O)CN2C(=O)c3cccc4cccc2c34)c1C. The molecule has 0 saturated heterocycles. The number of ketones is 1. The molecule has 0 saturated carbocycles. The first-order valence-corrected chi connectivity index (χ1v) is 9.17. The van der Waals surface area contributed by atoms with Crippen LogP contribution in [0.5, 0.6) is 0 Å². The molecule has 1 N–H and O–H groups in total. The van der Waals surface area contributed by atoms with Crippen molar-refractivity contribution in [2.24, 2.45) is 0 Å². The minimum atomic E-state index is -0.456. The number of aromatic amines is 1. The van der Waals surface area contributed by atoms with Gasteiger partial charge >= 0.3 is 5.97 Å². The molecule has 0 atom stereocenters. The van der Waals surface area contributed by atoms with E-state index in [4.69, 9.17) is 4.74 Å². The van der Waals surface area contributed by atoms with Gasteiger partial charge in [-0.2, -0.15) is 0 Å². The number of carbonyl (C=O) groups is 3. The van der Waals surface area contributed by atoms with Crippen LogP contribution in [-0.2, 0) is 4.74 Å². The summed E-state index contributed by atoms with van der Waals surface area (Å²) in [6.07, 6.45) is 0. The van der Waals surface area contributed by atoms with Gasteiger partial charge in [0, 0.05) is 16.6 Å². The normalized spacial score (nSPS) is 12.7. The number of Topliss-reactive ketones (excluding diaryl/α,β-unsaturated/α-hetero) is 1. The van der Waals surface area contributed by atoms with Crippen molar-refractivity contribution in [2.75, 3.05) is 18.1 Å². The average molecular weight is 376 g/mol. The minimum Gasteiger partial charge on any atom is -0.462 e. The highest BCUT2D eigenvalue weighted by Gasteiger charge is 2.32. The van der Waals surface area contributed by atoms with Gasteiger partial charge in [0.25, 0.3) is 5.91 Å². The molecule has 0 bridgehead atoms. The molecule has 0 radical (unpaired) electrons. The van der Waals surface area contributed by atoms with Crippen LogP contribution in [0.15, 0.2) is 36.4 Å². The standard InChI is InChI=1S/C22H20N2O4/c1-4-28-22(27)18-12(2)20(23-13(18)3)17(25)11-24-16-10-6-8-14-7-5-9-15(19(14)16)21(24)26/h5-10,23H,4,11H2,1-3H3. The van der Waals surface area contributed by atoms with Gasteiger partial charge in [0.05, 0.1) is 30.1 Å². The van der Waals surface area contributed by atoms with Gasteiger partial charge in [-0.3, -0.25) is 14.5 Å². The molecule has 1 aliphatic rings. The molecule has 0 fully saturated rings. The molecule has 0 unspecified atom stereocenters. The summed E-state index contributed by atoms with van der Waals surface area (Å²) in [6, 6.07) is 11.2. The number of hydrogen-bond acceptors (Lipinski definition) is 4. The first-order valence-electron chi connectivity index (χ1n) is 9.17. The van der Waals surface area contributed by atoms with Gasteiger partial charge in [-0.1, -0.05) is 24.3 Å². The lowest BCUT2D eigenvalue weighted by Crippen LogP contribution is -2.33. The van der Waals surface area contributed by atoms with Crippen LogP contribution in [0.25, 0.3) is 10.8 Å². The number of hydrogen-bond donors (Lipinski definition) is 1. The number of aryl methyl sites for hydroxylation is 1. The van der Waals surface area contributed by atoms with E-state index in [-0.39, 0.29) is 24.8 Å². The maximum Gasteiger partial charge on any atom is 0.340 e. The highest BCUT2D eigenvalue weighted by Crippen LogP contribution is 2.37. The summed E-state index contributed by atoms with van der Waals surface area (Å²) in [5.74, 6) is -0.900. The van der Waals surface area contributed by atoms with Gasteiger partial charge in [-0.15, -0.1) is 0 Å². The van der Waals surface area contributed by atoms with Crippen LogP contribution in [0.1, 0.15) is 49.4 Å². The number of nitrogens with zero attached hydrogens (tertiary/aromatic N) is 1. The van der Waals surface area contributed by atoms with Gasteiger partial charge in [-0.25, -0.2) is 4.79 Å². The Balaban J connectivity index is 1.68. The van der Waals surface area contributed by atoms with Crippen molar-refractivity contribution in [3.05, 3.63) is 64.5 Å². The van der Waals surface area contributed by atoms with E-state index in [1.165, 1.54) is 4.90 Å². The zero-order valence-electron chi connectivity index (χ0n) is 16.0. The van der Waals surface area contributed by atoms with E-state index in [0.29, 0.717) is 28.1 Å². The van der Waals surface area contributed by atoms with E-state index in [9.17, 15) is 14.4 Å². The average Bonchev–Trinajstić information content (AvgIpc) is 3.12. The topological polar surface area (TPSA) is 79.5 Å². The maximum absolute atomic E-state index is 13.0. The van der Waals surface area contributed by atoms with Crippen molar-refractivity contribution in [3.63, 3.8) is 0 Å². The number of ether oxygens (including phenoxy) is 1. The summed E-state index contributed by atoms with van der Waals surface area (Å²) >= 11 is 0. The van der Waals surface area contributed by atoms with Crippen LogP contribution < -0.4 is 4.90 Å². The van der Waals surface area contributed by atoms with Crippen LogP contribution in [0.2, 0.25) is 0 Å². The summed E-state index contributed by atoms with van der Waals surface area (Å²) < 4.78 is 5.08. The molecule has 1 aliphatic heterocycles. The summed E-state index contributed by atoms with van der Waals surface area (Å²) in [4.78, 5) is 42.6. The first-order chi connectivity index (χ1) is 13.4. The second-order valence-electron chi connectivity index (χ2n) is 6.84. The fourth-order valence-corrected chi connectivity index (χ4v) is 3.90. The summed E-state index contributed by atoms with van der Waals surface area (Å²) in [6.45, 7) is 5.34. The molecule has 0 aliphatic carbocycles. The third kappa shape index (κ3) is 2.60. The highest BCUT2D eigenvalue weighted by molar-refractivity contribution is 6.26. The zero-order valence-corrected chi connectivity index (χ0v) is 16.0. The number of rotatable bonds is 5. The molecule has 6 nitrogen and oxygen atoms in total. The predicted molar refractivity (Wildman–Crippen MR) is 106 cm³/mol. The zero-order chi connectivity index (χ0) is 20.0. The molecule has 2 aromatic carbocycles. The molecule has 142 valence electrons. The molecular weight excluding hydrogens is 356 g/mol. The van der Waals surface area contributed by atoms with Crippen molar-refractivity contribution in [1.82, 2.24) is 4.98 Å². The Hall–Kier alpha value is -3.41. The molecule has 4 rings (SSSR count). The third-order valence-corrected chi connectivity index (χ3v) is 5.15. The van der Waals surface area contributed by atoms with Crippen LogP contribution in [0, 0.1) is 13.8 Å². The number of carbonyl (C=O) groups excluding carboxylic acids is 3. The third-order valence-electron chi connectivity index (χ3n) is 5.15. The number of amides is 1. The Bertz CT molecular complexity index is 1140. The second-order valence-corrected chi connectivity index (χ2v) is 6.84. The number of aromatic nitrogens is 1. The molecule has 0 spiro atoms. The van der Waals surface area contributed by atoms with Crippen molar-refractivity contribution in [1.29, 1.82) is 0 Å². The Labute approximate surface area is 162 Å². The number of anilines is 1. The largest absolute Gasteiger partial charge is 0.462 e. The lowest BCUT2D eigenvalue weighted by Gasteiger charge is -2.16. The highest BCUT2D eigenvalue weighted by atomic mass is 16.5. The van der Waals surface area contributed by atoms with Crippen molar-refractivity contribution >= 4 is 34.1 Å². The fraction of sp³-hybridized carbons (Fsp3) is 0.227. The van der Waals surface area contributed by atoms with Crippen molar-refractivity contribution < 1.29 is 19.1 Å². The monoisotopic (exact) mass is 376 g/mol. The van der Waals surface area contributed by atoms with E-state index < -0.39 is 5.97 Å². The lowest BCUT2D eigenvalue weighted by molar-refractivity contribution is 0.0525. The molecule has 6 heteroatoms.